The van der Waals surface area contributed by atoms with Crippen LogP contribution in [0.2, 0.25) is 0 Å². The van der Waals surface area contributed by atoms with Crippen molar-refractivity contribution in [3.8, 4) is 11.6 Å². The number of rotatable bonds is 5. The molecule has 0 amide bonds. The molecule has 0 unspecified atom stereocenters. The van der Waals surface area contributed by atoms with Crippen molar-refractivity contribution in [3.05, 3.63) is 18.3 Å². The summed E-state index contributed by atoms with van der Waals surface area (Å²) in [7, 11) is 0. The number of aromatic nitrogens is 1. The van der Waals surface area contributed by atoms with Gasteiger partial charge < -0.3 is 9.47 Å². The van der Waals surface area contributed by atoms with Crippen LogP contribution in [-0.4, -0.2) is 18.2 Å². The van der Waals surface area contributed by atoms with E-state index in [-0.39, 0.29) is 0 Å². The van der Waals surface area contributed by atoms with E-state index in [0.29, 0.717) is 25.0 Å². The molecule has 0 radical (unpaired) electrons. The summed E-state index contributed by atoms with van der Waals surface area (Å²) in [5, 5.41) is 0. The molecule has 1 aromatic heterocycles. The number of ether oxygens (including phenoxy) is 2. The molecule has 78 valence electrons. The van der Waals surface area contributed by atoms with Gasteiger partial charge in [0.2, 0.25) is 0 Å². The van der Waals surface area contributed by atoms with Crippen LogP contribution >= 0.6 is 0 Å². The van der Waals surface area contributed by atoms with E-state index in [1.807, 2.05) is 19.1 Å². The molecule has 0 fully saturated rings. The molecular weight excluding hydrogens is 178 g/mol. The summed E-state index contributed by atoms with van der Waals surface area (Å²) in [4.78, 5) is 4.10. The van der Waals surface area contributed by atoms with Crippen molar-refractivity contribution in [1.82, 2.24) is 4.98 Å². The van der Waals surface area contributed by atoms with E-state index in [1.54, 1.807) is 6.20 Å². The summed E-state index contributed by atoms with van der Waals surface area (Å²) in [5.74, 6) is 1.81. The van der Waals surface area contributed by atoms with Crippen LogP contribution < -0.4 is 9.47 Å². The Bertz CT molecular complexity index is 274. The van der Waals surface area contributed by atoms with Crippen LogP contribution in [0.5, 0.6) is 11.6 Å². The highest BCUT2D eigenvalue weighted by molar-refractivity contribution is 5.32. The second kappa shape index (κ2) is 5.47. The molecule has 0 aliphatic carbocycles. The number of nitrogens with zero attached hydrogens (tertiary/aromatic N) is 1. The summed E-state index contributed by atoms with van der Waals surface area (Å²) in [5.41, 5.74) is 0. The monoisotopic (exact) mass is 195 g/mol. The van der Waals surface area contributed by atoms with Gasteiger partial charge in [0.15, 0.2) is 5.75 Å². The maximum Gasteiger partial charge on any atom is 0.256 e. The number of hydrogen-bond donors (Lipinski definition) is 0. The number of hydrogen-bond acceptors (Lipinski definition) is 3. The van der Waals surface area contributed by atoms with Crippen LogP contribution in [0.1, 0.15) is 20.8 Å². The van der Waals surface area contributed by atoms with Crippen LogP contribution in [0.4, 0.5) is 0 Å². The van der Waals surface area contributed by atoms with Crippen molar-refractivity contribution in [1.29, 1.82) is 0 Å². The molecule has 0 aliphatic rings. The molecule has 14 heavy (non-hydrogen) atoms. The van der Waals surface area contributed by atoms with Gasteiger partial charge >= 0.3 is 0 Å². The fraction of sp³-hybridized carbons (Fsp3) is 0.545. The molecule has 0 atom stereocenters. The Kier molecular flexibility index (Phi) is 4.23. The molecule has 0 saturated heterocycles. The zero-order valence-corrected chi connectivity index (χ0v) is 8.99. The van der Waals surface area contributed by atoms with Crippen molar-refractivity contribution in [3.63, 3.8) is 0 Å². The fourth-order valence-electron chi connectivity index (χ4n) is 0.987. The van der Waals surface area contributed by atoms with E-state index < -0.39 is 0 Å². The van der Waals surface area contributed by atoms with Gasteiger partial charge in [-0.25, -0.2) is 4.98 Å². The molecule has 1 heterocycles. The standard InChI is InChI=1S/C11H17NO2/c1-4-13-11-10(6-5-7-12-11)14-8-9(2)3/h5-7,9H,4,8H2,1-3H3. The normalized spacial score (nSPS) is 10.3. The average molecular weight is 195 g/mol. The third kappa shape index (κ3) is 3.24. The zero-order chi connectivity index (χ0) is 10.4. The van der Waals surface area contributed by atoms with Gasteiger partial charge in [0, 0.05) is 6.20 Å². The largest absolute Gasteiger partial charge is 0.488 e. The molecule has 0 spiro atoms. The maximum atomic E-state index is 5.56. The Balaban J connectivity index is 2.64. The van der Waals surface area contributed by atoms with Gasteiger partial charge in [0.1, 0.15) is 0 Å². The van der Waals surface area contributed by atoms with Crippen LogP contribution in [0.3, 0.4) is 0 Å². The minimum Gasteiger partial charge on any atom is -0.488 e. The van der Waals surface area contributed by atoms with Gasteiger partial charge in [-0.05, 0) is 25.0 Å². The van der Waals surface area contributed by atoms with E-state index in [1.165, 1.54) is 0 Å². The molecule has 0 aliphatic heterocycles. The molecular formula is C11H17NO2. The molecule has 1 aromatic rings. The summed E-state index contributed by atoms with van der Waals surface area (Å²) in [6.45, 7) is 7.44. The topological polar surface area (TPSA) is 31.4 Å². The van der Waals surface area contributed by atoms with Gasteiger partial charge in [0.25, 0.3) is 5.88 Å². The van der Waals surface area contributed by atoms with E-state index in [2.05, 4.69) is 18.8 Å². The van der Waals surface area contributed by atoms with Crippen LogP contribution in [0.25, 0.3) is 0 Å². The summed E-state index contributed by atoms with van der Waals surface area (Å²) in [6, 6.07) is 3.72. The van der Waals surface area contributed by atoms with Gasteiger partial charge in [-0.2, -0.15) is 0 Å². The summed E-state index contributed by atoms with van der Waals surface area (Å²) < 4.78 is 10.9. The van der Waals surface area contributed by atoms with Gasteiger partial charge in [-0.15, -0.1) is 0 Å². The van der Waals surface area contributed by atoms with E-state index >= 15 is 0 Å². The Hall–Kier alpha value is -1.25. The summed E-state index contributed by atoms with van der Waals surface area (Å²) >= 11 is 0. The minimum absolute atomic E-state index is 0.504. The second-order valence-corrected chi connectivity index (χ2v) is 3.44. The first-order valence-corrected chi connectivity index (χ1v) is 4.94. The van der Waals surface area contributed by atoms with Crippen molar-refractivity contribution < 1.29 is 9.47 Å². The highest BCUT2D eigenvalue weighted by Crippen LogP contribution is 2.23. The van der Waals surface area contributed by atoms with Crippen molar-refractivity contribution in [2.24, 2.45) is 5.92 Å². The Morgan fingerprint density at radius 3 is 2.79 bits per heavy atom. The van der Waals surface area contributed by atoms with Crippen molar-refractivity contribution in [2.75, 3.05) is 13.2 Å². The van der Waals surface area contributed by atoms with Crippen molar-refractivity contribution >= 4 is 0 Å². The van der Waals surface area contributed by atoms with Gasteiger partial charge in [-0.3, -0.25) is 0 Å². The molecule has 0 N–H and O–H groups in total. The fourth-order valence-corrected chi connectivity index (χ4v) is 0.987. The third-order valence-corrected chi connectivity index (χ3v) is 1.59. The Morgan fingerprint density at radius 2 is 2.14 bits per heavy atom. The highest BCUT2D eigenvalue weighted by Gasteiger charge is 2.05. The predicted octanol–water partition coefficient (Wildman–Crippen LogP) is 2.52. The lowest BCUT2D eigenvalue weighted by Crippen LogP contribution is -2.06. The number of pyridine rings is 1. The average Bonchev–Trinajstić information content (AvgIpc) is 2.17. The summed E-state index contributed by atoms with van der Waals surface area (Å²) in [6.07, 6.45) is 1.70. The molecule has 0 bridgehead atoms. The van der Waals surface area contributed by atoms with Gasteiger partial charge in [0.05, 0.1) is 13.2 Å². The first-order valence-electron chi connectivity index (χ1n) is 4.94. The van der Waals surface area contributed by atoms with Crippen LogP contribution in [0, 0.1) is 5.92 Å². The molecule has 0 saturated carbocycles. The van der Waals surface area contributed by atoms with Gasteiger partial charge in [-0.1, -0.05) is 13.8 Å². The minimum atomic E-state index is 0.504. The molecule has 3 nitrogen and oxygen atoms in total. The van der Waals surface area contributed by atoms with E-state index in [4.69, 9.17) is 9.47 Å². The Labute approximate surface area is 85.1 Å². The van der Waals surface area contributed by atoms with Crippen LogP contribution in [-0.2, 0) is 0 Å². The lowest BCUT2D eigenvalue weighted by atomic mass is 10.2. The molecule has 1 rings (SSSR count). The lowest BCUT2D eigenvalue weighted by Gasteiger charge is -2.11. The lowest BCUT2D eigenvalue weighted by molar-refractivity contribution is 0.243. The van der Waals surface area contributed by atoms with E-state index in [9.17, 15) is 0 Å². The smallest absolute Gasteiger partial charge is 0.256 e. The predicted molar refractivity (Wildman–Crippen MR) is 55.7 cm³/mol. The quantitative estimate of drug-likeness (QED) is 0.723. The molecule has 3 heteroatoms. The molecule has 0 aromatic carbocycles. The maximum absolute atomic E-state index is 5.56. The van der Waals surface area contributed by atoms with Crippen LogP contribution in [0.15, 0.2) is 18.3 Å². The zero-order valence-electron chi connectivity index (χ0n) is 8.99. The van der Waals surface area contributed by atoms with E-state index in [0.717, 1.165) is 5.75 Å². The second-order valence-electron chi connectivity index (χ2n) is 3.44. The highest BCUT2D eigenvalue weighted by atomic mass is 16.5. The Morgan fingerprint density at radius 1 is 1.36 bits per heavy atom. The van der Waals surface area contributed by atoms with Crippen molar-refractivity contribution in [2.45, 2.75) is 20.8 Å². The first-order chi connectivity index (χ1) is 6.74. The first kappa shape index (κ1) is 10.8. The SMILES string of the molecule is CCOc1ncccc1OCC(C)C. The third-order valence-electron chi connectivity index (χ3n) is 1.59.